The summed E-state index contributed by atoms with van der Waals surface area (Å²) in [5, 5.41) is 3.47. The molecule has 0 aliphatic heterocycles. The van der Waals surface area contributed by atoms with E-state index in [1.54, 1.807) is 32.2 Å². The highest BCUT2D eigenvalue weighted by Crippen LogP contribution is 2.33. The van der Waals surface area contributed by atoms with Crippen molar-refractivity contribution in [1.29, 1.82) is 0 Å². The van der Waals surface area contributed by atoms with Gasteiger partial charge in [0, 0.05) is 5.02 Å². The van der Waals surface area contributed by atoms with E-state index in [1.165, 1.54) is 0 Å². The number of carbonyl (C=O) groups excluding carboxylic acids is 1. The van der Waals surface area contributed by atoms with Crippen LogP contribution in [-0.2, 0) is 14.8 Å². The standard InChI is InChI=1S/C25H35ClN2O4S/c1-9-23(28(33(8,30)31)19-11-10-16(4)22(26)13-19)25(29)27-18(6)21-14-20(15(2)3)24(32-7)12-17(21)5/h10-15,18,23H,9H2,1-8H3,(H,27,29)/t18-,23-/m0/s1. The number of hydrogen-bond donors (Lipinski definition) is 1. The number of methoxy groups -OCH3 is 1. The Morgan fingerprint density at radius 3 is 2.21 bits per heavy atom. The number of rotatable bonds is 9. The minimum Gasteiger partial charge on any atom is -0.496 e. The second-order valence-electron chi connectivity index (χ2n) is 8.75. The summed E-state index contributed by atoms with van der Waals surface area (Å²) in [6.07, 6.45) is 1.40. The number of benzene rings is 2. The number of anilines is 1. The summed E-state index contributed by atoms with van der Waals surface area (Å²) in [4.78, 5) is 13.3. The van der Waals surface area contributed by atoms with E-state index >= 15 is 0 Å². The van der Waals surface area contributed by atoms with Gasteiger partial charge in [-0.15, -0.1) is 0 Å². The van der Waals surface area contributed by atoms with Crippen LogP contribution in [0.4, 0.5) is 5.69 Å². The van der Waals surface area contributed by atoms with Gasteiger partial charge < -0.3 is 10.1 Å². The van der Waals surface area contributed by atoms with Crippen molar-refractivity contribution in [2.24, 2.45) is 0 Å². The SMILES string of the molecule is CC[C@@H](C(=O)N[C@@H](C)c1cc(C(C)C)c(OC)cc1C)N(c1ccc(C)c(Cl)c1)S(C)(=O)=O. The van der Waals surface area contributed by atoms with Crippen LogP contribution in [0, 0.1) is 13.8 Å². The zero-order chi connectivity index (χ0) is 25.1. The van der Waals surface area contributed by atoms with Crippen LogP contribution in [0.25, 0.3) is 0 Å². The third-order valence-corrected chi connectivity index (χ3v) is 7.39. The van der Waals surface area contributed by atoms with Gasteiger partial charge in [0.05, 0.1) is 25.1 Å². The van der Waals surface area contributed by atoms with E-state index in [9.17, 15) is 13.2 Å². The number of amides is 1. The minimum atomic E-state index is -3.74. The Labute approximate surface area is 203 Å². The summed E-state index contributed by atoms with van der Waals surface area (Å²) in [6.45, 7) is 11.7. The molecule has 0 radical (unpaired) electrons. The van der Waals surface area contributed by atoms with Crippen LogP contribution < -0.4 is 14.4 Å². The molecule has 8 heteroatoms. The maximum atomic E-state index is 13.3. The van der Waals surface area contributed by atoms with Gasteiger partial charge in [-0.3, -0.25) is 9.10 Å². The van der Waals surface area contributed by atoms with Gasteiger partial charge in [0.25, 0.3) is 0 Å². The molecule has 0 saturated heterocycles. The van der Waals surface area contributed by atoms with Crippen molar-refractivity contribution in [3.05, 3.63) is 57.6 Å². The smallest absolute Gasteiger partial charge is 0.244 e. The predicted octanol–water partition coefficient (Wildman–Crippen LogP) is 5.51. The van der Waals surface area contributed by atoms with Crippen LogP contribution in [0.2, 0.25) is 5.02 Å². The zero-order valence-electron chi connectivity index (χ0n) is 20.7. The lowest BCUT2D eigenvalue weighted by Crippen LogP contribution is -2.49. The number of nitrogens with one attached hydrogen (secondary N) is 1. The first-order valence-corrected chi connectivity index (χ1v) is 13.3. The second-order valence-corrected chi connectivity index (χ2v) is 11.0. The topological polar surface area (TPSA) is 75.7 Å². The Hall–Kier alpha value is -2.25. The maximum Gasteiger partial charge on any atom is 0.244 e. The molecule has 0 aliphatic carbocycles. The average molecular weight is 495 g/mol. The van der Waals surface area contributed by atoms with Crippen molar-refractivity contribution in [1.82, 2.24) is 5.32 Å². The van der Waals surface area contributed by atoms with Crippen LogP contribution in [0.3, 0.4) is 0 Å². The van der Waals surface area contributed by atoms with Crippen molar-refractivity contribution < 1.29 is 17.9 Å². The first-order valence-electron chi connectivity index (χ1n) is 11.1. The molecule has 0 saturated carbocycles. The van der Waals surface area contributed by atoms with Gasteiger partial charge >= 0.3 is 0 Å². The van der Waals surface area contributed by atoms with Crippen molar-refractivity contribution in [3.63, 3.8) is 0 Å². The van der Waals surface area contributed by atoms with E-state index in [4.69, 9.17) is 16.3 Å². The average Bonchev–Trinajstić information content (AvgIpc) is 2.72. The maximum absolute atomic E-state index is 13.3. The van der Waals surface area contributed by atoms with Crippen molar-refractivity contribution in [2.75, 3.05) is 17.7 Å². The first kappa shape index (κ1) is 27.0. The molecular weight excluding hydrogens is 460 g/mol. The van der Waals surface area contributed by atoms with E-state index in [2.05, 4.69) is 25.2 Å². The number of hydrogen-bond acceptors (Lipinski definition) is 4. The molecular formula is C25H35ClN2O4S. The van der Waals surface area contributed by atoms with Gasteiger partial charge in [-0.25, -0.2) is 8.42 Å². The van der Waals surface area contributed by atoms with Gasteiger partial charge in [0.15, 0.2) is 0 Å². The minimum absolute atomic E-state index is 0.248. The van der Waals surface area contributed by atoms with Gasteiger partial charge in [-0.2, -0.15) is 0 Å². The lowest BCUT2D eigenvalue weighted by atomic mass is 9.93. The molecule has 0 fully saturated rings. The summed E-state index contributed by atoms with van der Waals surface area (Å²) in [5.41, 5.74) is 4.20. The molecule has 0 aliphatic rings. The highest BCUT2D eigenvalue weighted by molar-refractivity contribution is 7.92. The molecule has 0 aromatic heterocycles. The molecule has 2 aromatic carbocycles. The molecule has 2 aromatic rings. The lowest BCUT2D eigenvalue weighted by molar-refractivity contribution is -0.122. The molecule has 1 N–H and O–H groups in total. The summed E-state index contributed by atoms with van der Waals surface area (Å²) < 4.78 is 32.1. The summed E-state index contributed by atoms with van der Waals surface area (Å²) in [7, 11) is -2.09. The molecule has 0 heterocycles. The van der Waals surface area contributed by atoms with E-state index < -0.39 is 16.1 Å². The monoisotopic (exact) mass is 494 g/mol. The third-order valence-electron chi connectivity index (χ3n) is 5.81. The van der Waals surface area contributed by atoms with Gasteiger partial charge in [0.2, 0.25) is 15.9 Å². The highest BCUT2D eigenvalue weighted by Gasteiger charge is 2.32. The Bertz CT molecular complexity index is 1120. The molecule has 0 spiro atoms. The molecule has 0 bridgehead atoms. The van der Waals surface area contributed by atoms with E-state index in [1.807, 2.05) is 26.8 Å². The molecule has 2 rings (SSSR count). The van der Waals surface area contributed by atoms with Crippen molar-refractivity contribution >= 4 is 33.2 Å². The van der Waals surface area contributed by atoms with Gasteiger partial charge in [0.1, 0.15) is 11.8 Å². The Morgan fingerprint density at radius 2 is 1.73 bits per heavy atom. The van der Waals surface area contributed by atoms with Crippen molar-refractivity contribution in [3.8, 4) is 5.75 Å². The molecule has 6 nitrogen and oxygen atoms in total. The summed E-state index contributed by atoms with van der Waals surface area (Å²) in [6, 6.07) is 7.80. The largest absolute Gasteiger partial charge is 0.496 e. The molecule has 0 unspecified atom stereocenters. The number of nitrogens with zero attached hydrogens (tertiary/aromatic N) is 1. The van der Waals surface area contributed by atoms with Crippen molar-refractivity contribution in [2.45, 2.75) is 66.0 Å². The molecule has 1 amide bonds. The number of sulfonamides is 1. The fourth-order valence-corrected chi connectivity index (χ4v) is 5.36. The number of halogens is 1. The zero-order valence-corrected chi connectivity index (χ0v) is 22.3. The Morgan fingerprint density at radius 1 is 1.09 bits per heavy atom. The van der Waals surface area contributed by atoms with Crippen LogP contribution >= 0.6 is 11.6 Å². The normalized spacial score (nSPS) is 13.5. The van der Waals surface area contributed by atoms with E-state index in [0.29, 0.717) is 17.1 Å². The highest BCUT2D eigenvalue weighted by atomic mass is 35.5. The third kappa shape index (κ3) is 6.21. The van der Waals surface area contributed by atoms with Crippen LogP contribution in [0.1, 0.15) is 68.3 Å². The fourth-order valence-electron chi connectivity index (χ4n) is 3.98. The quantitative estimate of drug-likeness (QED) is 0.498. The molecule has 182 valence electrons. The molecule has 2 atom stereocenters. The van der Waals surface area contributed by atoms with E-state index in [0.717, 1.165) is 38.6 Å². The predicted molar refractivity (Wildman–Crippen MR) is 136 cm³/mol. The fraction of sp³-hybridized carbons (Fsp3) is 0.480. The van der Waals surface area contributed by atoms with Crippen LogP contribution in [0.5, 0.6) is 5.75 Å². The Balaban J connectivity index is 2.41. The van der Waals surface area contributed by atoms with Crippen LogP contribution in [-0.4, -0.2) is 33.7 Å². The van der Waals surface area contributed by atoms with Crippen LogP contribution in [0.15, 0.2) is 30.3 Å². The number of aryl methyl sites for hydroxylation is 2. The second kappa shape index (κ2) is 10.8. The summed E-state index contributed by atoms with van der Waals surface area (Å²) in [5.74, 6) is 0.696. The van der Waals surface area contributed by atoms with E-state index in [-0.39, 0.29) is 17.9 Å². The number of carbonyl (C=O) groups is 1. The Kier molecular flexibility index (Phi) is 8.82. The van der Waals surface area contributed by atoms with Gasteiger partial charge in [-0.05, 0) is 79.6 Å². The van der Waals surface area contributed by atoms with Gasteiger partial charge in [-0.1, -0.05) is 38.4 Å². The summed E-state index contributed by atoms with van der Waals surface area (Å²) >= 11 is 6.25. The lowest BCUT2D eigenvalue weighted by Gasteiger charge is -2.31. The first-order chi connectivity index (χ1) is 15.3. The number of ether oxygens (including phenoxy) is 1. The molecule has 33 heavy (non-hydrogen) atoms.